The molecule has 0 saturated carbocycles. The molecule has 2 aromatic carbocycles. The number of nitrogens with one attached hydrogen (secondary N) is 1. The lowest BCUT2D eigenvalue weighted by Crippen LogP contribution is -2.51. The zero-order chi connectivity index (χ0) is 20.3. The van der Waals surface area contributed by atoms with Crippen molar-refractivity contribution >= 4 is 40.5 Å². The van der Waals surface area contributed by atoms with Gasteiger partial charge in [-0.05, 0) is 30.7 Å². The highest BCUT2D eigenvalue weighted by molar-refractivity contribution is 6.41. The second-order valence-electron chi connectivity index (χ2n) is 6.49. The Morgan fingerprint density at radius 2 is 1.82 bits per heavy atom. The molecule has 9 heteroatoms. The number of aryl methyl sites for hydroxylation is 1. The van der Waals surface area contributed by atoms with Crippen LogP contribution in [0, 0.1) is 17.0 Å². The maximum absolute atomic E-state index is 12.4. The number of piperazine rings is 1. The molecule has 8 nitrogen and oxygen atoms in total. The fourth-order valence-electron chi connectivity index (χ4n) is 3.03. The molecule has 3 rings (SSSR count). The number of benzene rings is 2. The van der Waals surface area contributed by atoms with Crippen LogP contribution in [0.4, 0.5) is 17.1 Å². The largest absolute Gasteiger partial charge is 0.368 e. The van der Waals surface area contributed by atoms with Crippen LogP contribution in [0.1, 0.15) is 5.56 Å². The Balaban J connectivity index is 1.61. The molecular formula is C19H19ClN4O4. The van der Waals surface area contributed by atoms with Gasteiger partial charge in [0, 0.05) is 44.0 Å². The number of nitrogens with zero attached hydrogens (tertiary/aromatic N) is 3. The summed E-state index contributed by atoms with van der Waals surface area (Å²) in [5.74, 6) is -1.56. The second-order valence-corrected chi connectivity index (χ2v) is 6.90. The topological polar surface area (TPSA) is 95.8 Å². The predicted octanol–water partition coefficient (Wildman–Crippen LogP) is 2.84. The maximum atomic E-state index is 12.4. The van der Waals surface area contributed by atoms with Gasteiger partial charge in [0.15, 0.2) is 0 Å². The maximum Gasteiger partial charge on any atom is 0.313 e. The first-order valence-corrected chi connectivity index (χ1v) is 9.09. The van der Waals surface area contributed by atoms with Gasteiger partial charge in [-0.25, -0.2) is 0 Å². The quantitative estimate of drug-likeness (QED) is 0.484. The number of carbonyl (C=O) groups excluding carboxylic acids is 2. The van der Waals surface area contributed by atoms with Crippen LogP contribution < -0.4 is 10.2 Å². The number of rotatable bonds is 3. The van der Waals surface area contributed by atoms with Gasteiger partial charge in [0.1, 0.15) is 0 Å². The Bertz CT molecular complexity index is 926. The van der Waals surface area contributed by atoms with Crippen molar-refractivity contribution in [2.75, 3.05) is 36.4 Å². The number of amides is 2. The van der Waals surface area contributed by atoms with E-state index < -0.39 is 16.7 Å². The summed E-state index contributed by atoms with van der Waals surface area (Å²) in [6.45, 7) is 4.05. The molecule has 0 radical (unpaired) electrons. The van der Waals surface area contributed by atoms with Crippen LogP contribution in [0.5, 0.6) is 0 Å². The van der Waals surface area contributed by atoms with E-state index in [1.165, 1.54) is 17.0 Å². The zero-order valence-corrected chi connectivity index (χ0v) is 16.0. The van der Waals surface area contributed by atoms with E-state index >= 15 is 0 Å². The van der Waals surface area contributed by atoms with Gasteiger partial charge in [-0.2, -0.15) is 0 Å². The van der Waals surface area contributed by atoms with E-state index in [1.807, 2.05) is 25.1 Å². The minimum atomic E-state index is -0.869. The van der Waals surface area contributed by atoms with Gasteiger partial charge in [-0.3, -0.25) is 19.7 Å². The smallest absolute Gasteiger partial charge is 0.313 e. The van der Waals surface area contributed by atoms with Crippen molar-refractivity contribution in [2.24, 2.45) is 0 Å². The van der Waals surface area contributed by atoms with Crippen molar-refractivity contribution in [3.63, 3.8) is 0 Å². The summed E-state index contributed by atoms with van der Waals surface area (Å²) in [6.07, 6.45) is 0. The molecule has 1 heterocycles. The Morgan fingerprint density at radius 1 is 1.11 bits per heavy atom. The van der Waals surface area contributed by atoms with Crippen LogP contribution in [0.25, 0.3) is 0 Å². The number of non-ortho nitro benzene ring substituents is 1. The lowest BCUT2D eigenvalue weighted by Gasteiger charge is -2.35. The average Bonchev–Trinajstić information content (AvgIpc) is 2.69. The second kappa shape index (κ2) is 8.26. The fourth-order valence-corrected chi connectivity index (χ4v) is 3.20. The first kappa shape index (κ1) is 19.6. The van der Waals surface area contributed by atoms with Crippen molar-refractivity contribution in [2.45, 2.75) is 6.92 Å². The SMILES string of the molecule is Cc1cccc(N2CCN(C(=O)C(=O)Nc3cc([N+](=O)[O-])ccc3Cl)CC2)c1. The summed E-state index contributed by atoms with van der Waals surface area (Å²) >= 11 is 5.97. The van der Waals surface area contributed by atoms with Gasteiger partial charge in [0.2, 0.25) is 0 Å². The third-order valence-electron chi connectivity index (χ3n) is 4.54. The normalized spacial score (nSPS) is 13.9. The minimum Gasteiger partial charge on any atom is -0.368 e. The molecule has 1 aliphatic rings. The highest BCUT2D eigenvalue weighted by atomic mass is 35.5. The summed E-state index contributed by atoms with van der Waals surface area (Å²) in [5, 5.41) is 13.4. The van der Waals surface area contributed by atoms with Crippen LogP contribution in [0.2, 0.25) is 5.02 Å². The number of hydrogen-bond acceptors (Lipinski definition) is 5. The summed E-state index contributed by atoms with van der Waals surface area (Å²) in [5.41, 5.74) is 2.05. The van der Waals surface area contributed by atoms with Gasteiger partial charge < -0.3 is 15.1 Å². The fraction of sp³-hybridized carbons (Fsp3) is 0.263. The molecule has 1 N–H and O–H groups in total. The van der Waals surface area contributed by atoms with Crippen LogP contribution in [-0.4, -0.2) is 47.8 Å². The van der Waals surface area contributed by atoms with Crippen molar-refractivity contribution in [1.29, 1.82) is 0 Å². The lowest BCUT2D eigenvalue weighted by atomic mass is 10.2. The molecule has 0 atom stereocenters. The Labute approximate surface area is 166 Å². The molecule has 2 amide bonds. The molecular weight excluding hydrogens is 384 g/mol. The first-order chi connectivity index (χ1) is 13.3. The summed E-state index contributed by atoms with van der Waals surface area (Å²) < 4.78 is 0. The van der Waals surface area contributed by atoms with Gasteiger partial charge in [-0.15, -0.1) is 0 Å². The monoisotopic (exact) mass is 402 g/mol. The highest BCUT2D eigenvalue weighted by Gasteiger charge is 2.27. The van der Waals surface area contributed by atoms with Crippen LogP contribution >= 0.6 is 11.6 Å². The molecule has 2 aromatic rings. The molecule has 1 aliphatic heterocycles. The van der Waals surface area contributed by atoms with E-state index in [0.717, 1.165) is 17.3 Å². The van der Waals surface area contributed by atoms with E-state index in [2.05, 4.69) is 16.3 Å². The van der Waals surface area contributed by atoms with Gasteiger partial charge >= 0.3 is 11.8 Å². The van der Waals surface area contributed by atoms with Crippen LogP contribution in [0.3, 0.4) is 0 Å². The molecule has 0 spiro atoms. The van der Waals surface area contributed by atoms with Crippen molar-refractivity contribution in [3.8, 4) is 0 Å². The Kier molecular flexibility index (Phi) is 5.79. The first-order valence-electron chi connectivity index (χ1n) is 8.71. The summed E-state index contributed by atoms with van der Waals surface area (Å²) in [7, 11) is 0. The zero-order valence-electron chi connectivity index (χ0n) is 15.2. The predicted molar refractivity (Wildman–Crippen MR) is 107 cm³/mol. The molecule has 0 bridgehead atoms. The van der Waals surface area contributed by atoms with E-state index in [4.69, 9.17) is 11.6 Å². The van der Waals surface area contributed by atoms with E-state index in [1.54, 1.807) is 0 Å². The van der Waals surface area contributed by atoms with Gasteiger partial charge in [-0.1, -0.05) is 23.7 Å². The van der Waals surface area contributed by atoms with Gasteiger partial charge in [0.05, 0.1) is 15.6 Å². The molecule has 0 unspecified atom stereocenters. The highest BCUT2D eigenvalue weighted by Crippen LogP contribution is 2.26. The van der Waals surface area contributed by atoms with Crippen molar-refractivity contribution in [1.82, 2.24) is 4.90 Å². The number of carbonyl (C=O) groups is 2. The van der Waals surface area contributed by atoms with Crippen molar-refractivity contribution < 1.29 is 14.5 Å². The van der Waals surface area contributed by atoms with Crippen LogP contribution in [0.15, 0.2) is 42.5 Å². The average molecular weight is 403 g/mol. The summed E-state index contributed by atoms with van der Waals surface area (Å²) in [6, 6.07) is 11.8. The van der Waals surface area contributed by atoms with E-state index in [-0.39, 0.29) is 16.4 Å². The molecule has 1 saturated heterocycles. The number of anilines is 2. The number of hydrogen-bond donors (Lipinski definition) is 1. The third kappa shape index (κ3) is 4.40. The molecule has 1 fully saturated rings. The van der Waals surface area contributed by atoms with Crippen LogP contribution in [-0.2, 0) is 9.59 Å². The number of halogens is 1. The Hall–Kier alpha value is -3.13. The Morgan fingerprint density at radius 3 is 2.46 bits per heavy atom. The minimum absolute atomic E-state index is 0.0348. The molecule has 28 heavy (non-hydrogen) atoms. The number of nitro benzene ring substituents is 1. The number of nitro groups is 1. The van der Waals surface area contributed by atoms with E-state index in [9.17, 15) is 19.7 Å². The van der Waals surface area contributed by atoms with Crippen molar-refractivity contribution in [3.05, 3.63) is 63.2 Å². The molecule has 0 aromatic heterocycles. The standard InChI is InChI=1S/C19H19ClN4O4/c1-13-3-2-4-14(11-13)22-7-9-23(10-8-22)19(26)18(25)21-17-12-15(24(27)28)5-6-16(17)20/h2-6,11-12H,7-10H2,1H3,(H,21,25). The van der Waals surface area contributed by atoms with E-state index in [0.29, 0.717) is 26.2 Å². The molecule has 146 valence electrons. The third-order valence-corrected chi connectivity index (χ3v) is 4.87. The lowest BCUT2D eigenvalue weighted by molar-refractivity contribution is -0.384. The molecule has 0 aliphatic carbocycles. The van der Waals surface area contributed by atoms with Gasteiger partial charge in [0.25, 0.3) is 5.69 Å². The summed E-state index contributed by atoms with van der Waals surface area (Å²) in [4.78, 5) is 38.6.